The molecule has 0 radical (unpaired) electrons. The van der Waals surface area contributed by atoms with Gasteiger partial charge in [-0.15, -0.1) is 0 Å². The summed E-state index contributed by atoms with van der Waals surface area (Å²) >= 11 is 0. The average Bonchev–Trinajstić information content (AvgIpc) is 3.35. The van der Waals surface area contributed by atoms with Crippen molar-refractivity contribution in [3.05, 3.63) is 48.0 Å². The number of aryl methyl sites for hydroxylation is 2. The fraction of sp³-hybridized carbons (Fsp3) is 0.182. The van der Waals surface area contributed by atoms with Crippen LogP contribution >= 0.6 is 0 Å². The van der Waals surface area contributed by atoms with E-state index in [4.69, 9.17) is 0 Å². The second-order valence-electron chi connectivity index (χ2n) is 8.61. The van der Waals surface area contributed by atoms with Gasteiger partial charge in [-0.05, 0) is 24.3 Å². The van der Waals surface area contributed by atoms with Gasteiger partial charge in [0.25, 0.3) is 0 Å². The van der Waals surface area contributed by atoms with Crippen LogP contribution < -0.4 is 9.44 Å². The summed E-state index contributed by atoms with van der Waals surface area (Å²) < 4.78 is 52.9. The SMILES string of the molecule is Cn1nc(-c2nn(C)c(C(=O)O)c2-c2ccc(NS(C)(=O)=O)cn2)c(-c2ccc(NS(C)(=O)=O)cn2)c1C(=O)O. The van der Waals surface area contributed by atoms with Crippen LogP contribution in [0.25, 0.3) is 33.9 Å². The van der Waals surface area contributed by atoms with Gasteiger partial charge in [0.2, 0.25) is 20.0 Å². The van der Waals surface area contributed by atoms with Gasteiger partial charge in [-0.3, -0.25) is 28.8 Å². The van der Waals surface area contributed by atoms with E-state index in [0.29, 0.717) is 0 Å². The Morgan fingerprint density at radius 1 is 0.700 bits per heavy atom. The Bertz CT molecular complexity index is 1720. The number of nitrogens with zero attached hydrogens (tertiary/aromatic N) is 6. The fourth-order valence-corrected chi connectivity index (χ4v) is 5.09. The molecule has 4 aromatic heterocycles. The zero-order valence-electron chi connectivity index (χ0n) is 21.3. The maximum absolute atomic E-state index is 12.2. The quantitative estimate of drug-likeness (QED) is 0.215. The van der Waals surface area contributed by atoms with Gasteiger partial charge in [-0.2, -0.15) is 10.2 Å². The standard InChI is InChI=1S/C22H22N8O8S2/c1-29-19(21(31)32)15(13-7-5-11(9-23-13)27-39(3,35)36)17(25-29)18-16(20(22(33)34)30(2)26-18)14-8-6-12(10-24-14)28-40(4,37)38/h5-10,27-28H,1-4H3,(H,31,32)(H,33,34). The number of pyridine rings is 2. The van der Waals surface area contributed by atoms with E-state index in [2.05, 4.69) is 29.6 Å². The van der Waals surface area contributed by atoms with Crippen LogP contribution in [-0.2, 0) is 34.1 Å². The van der Waals surface area contributed by atoms with Crippen molar-refractivity contribution in [3.8, 4) is 33.9 Å². The van der Waals surface area contributed by atoms with Gasteiger partial charge in [0.1, 0.15) is 11.4 Å². The smallest absolute Gasteiger partial charge is 0.354 e. The van der Waals surface area contributed by atoms with Crippen molar-refractivity contribution in [2.75, 3.05) is 22.0 Å². The van der Waals surface area contributed by atoms with Crippen molar-refractivity contribution in [1.82, 2.24) is 29.5 Å². The number of hydrogen-bond acceptors (Lipinski definition) is 10. The normalized spacial score (nSPS) is 11.8. The summed E-state index contributed by atoms with van der Waals surface area (Å²) in [6, 6.07) is 5.52. The maximum Gasteiger partial charge on any atom is 0.354 e. The zero-order chi connectivity index (χ0) is 29.6. The molecule has 0 aliphatic carbocycles. The first kappa shape index (κ1) is 28.2. The second-order valence-corrected chi connectivity index (χ2v) is 12.1. The number of aromatic nitrogens is 6. The molecule has 4 rings (SSSR count). The Labute approximate surface area is 227 Å². The summed E-state index contributed by atoms with van der Waals surface area (Å²) in [6.07, 6.45) is 4.30. The number of hydrogen-bond donors (Lipinski definition) is 4. The van der Waals surface area contributed by atoms with Crippen LogP contribution in [0.1, 0.15) is 21.0 Å². The van der Waals surface area contributed by atoms with Crippen molar-refractivity contribution in [3.63, 3.8) is 0 Å². The molecule has 4 heterocycles. The number of anilines is 2. The van der Waals surface area contributed by atoms with E-state index >= 15 is 0 Å². The summed E-state index contributed by atoms with van der Waals surface area (Å²) in [5, 5.41) is 28.6. The molecular weight excluding hydrogens is 568 g/mol. The molecule has 0 aliphatic rings. The van der Waals surface area contributed by atoms with Crippen molar-refractivity contribution in [1.29, 1.82) is 0 Å². The molecule has 0 saturated heterocycles. The van der Waals surface area contributed by atoms with Crippen LogP contribution in [0.4, 0.5) is 11.4 Å². The van der Waals surface area contributed by atoms with Crippen LogP contribution in [0.5, 0.6) is 0 Å². The molecule has 0 bridgehead atoms. The van der Waals surface area contributed by atoms with Crippen LogP contribution in [0.2, 0.25) is 0 Å². The Morgan fingerprint density at radius 3 is 1.30 bits per heavy atom. The molecule has 210 valence electrons. The molecule has 4 N–H and O–H groups in total. The summed E-state index contributed by atoms with van der Waals surface area (Å²) in [6.45, 7) is 0. The topological polar surface area (TPSA) is 228 Å². The zero-order valence-corrected chi connectivity index (χ0v) is 22.9. The number of aromatic carboxylic acids is 2. The van der Waals surface area contributed by atoms with Gasteiger partial charge < -0.3 is 10.2 Å². The molecule has 40 heavy (non-hydrogen) atoms. The van der Waals surface area contributed by atoms with Gasteiger partial charge in [-0.1, -0.05) is 0 Å². The first-order valence-electron chi connectivity index (χ1n) is 11.0. The Kier molecular flexibility index (Phi) is 7.07. The van der Waals surface area contributed by atoms with Gasteiger partial charge >= 0.3 is 11.9 Å². The number of carboxylic acid groups (broad SMARTS) is 2. The minimum Gasteiger partial charge on any atom is -0.477 e. The first-order valence-corrected chi connectivity index (χ1v) is 14.8. The minimum atomic E-state index is -3.60. The number of carbonyl (C=O) groups is 2. The van der Waals surface area contributed by atoms with Crippen molar-refractivity contribution >= 4 is 43.4 Å². The van der Waals surface area contributed by atoms with E-state index in [1.807, 2.05) is 0 Å². The van der Waals surface area contributed by atoms with Crippen LogP contribution in [0, 0.1) is 0 Å². The molecule has 0 amide bonds. The largest absolute Gasteiger partial charge is 0.477 e. The van der Waals surface area contributed by atoms with Crippen molar-refractivity contribution in [2.24, 2.45) is 14.1 Å². The Morgan fingerprint density at radius 2 is 1.05 bits per heavy atom. The number of rotatable bonds is 9. The summed E-state index contributed by atoms with van der Waals surface area (Å²) in [5.74, 6) is -2.72. The predicted molar refractivity (Wildman–Crippen MR) is 143 cm³/mol. The molecular formula is C22H22N8O8S2. The molecule has 0 aromatic carbocycles. The third-order valence-electron chi connectivity index (χ3n) is 5.37. The van der Waals surface area contributed by atoms with E-state index in [1.165, 1.54) is 50.8 Å². The lowest BCUT2D eigenvalue weighted by molar-refractivity contribution is 0.0675. The molecule has 0 saturated carbocycles. The fourth-order valence-electron chi connectivity index (χ4n) is 3.99. The molecule has 16 nitrogen and oxygen atoms in total. The lowest BCUT2D eigenvalue weighted by atomic mass is 10.0. The monoisotopic (exact) mass is 590 g/mol. The Balaban J connectivity index is 1.96. The highest BCUT2D eigenvalue weighted by Gasteiger charge is 2.32. The highest BCUT2D eigenvalue weighted by atomic mass is 32.2. The molecule has 0 aliphatic heterocycles. The van der Waals surface area contributed by atoms with Crippen molar-refractivity contribution < 1.29 is 36.6 Å². The highest BCUT2D eigenvalue weighted by Crippen LogP contribution is 2.39. The summed E-state index contributed by atoms with van der Waals surface area (Å²) in [7, 11) is -4.44. The Hall–Kier alpha value is -4.84. The lowest BCUT2D eigenvalue weighted by Crippen LogP contribution is -2.10. The van der Waals surface area contributed by atoms with E-state index in [0.717, 1.165) is 21.9 Å². The molecule has 0 atom stereocenters. The number of sulfonamides is 2. The molecule has 0 fully saturated rings. The van der Waals surface area contributed by atoms with Gasteiger partial charge in [0, 0.05) is 14.1 Å². The van der Waals surface area contributed by atoms with Crippen LogP contribution in [0.3, 0.4) is 0 Å². The summed E-state index contributed by atoms with van der Waals surface area (Å²) in [5.41, 5.74) is -0.216. The minimum absolute atomic E-state index is 0.00689. The van der Waals surface area contributed by atoms with Crippen LogP contribution in [0.15, 0.2) is 36.7 Å². The van der Waals surface area contributed by atoms with Crippen molar-refractivity contribution in [2.45, 2.75) is 0 Å². The lowest BCUT2D eigenvalue weighted by Gasteiger charge is -2.08. The number of nitrogens with one attached hydrogen (secondary N) is 2. The third kappa shape index (κ3) is 5.76. The van der Waals surface area contributed by atoms with Gasteiger partial charge in [0.15, 0.2) is 11.4 Å². The first-order chi connectivity index (χ1) is 18.6. The van der Waals surface area contributed by atoms with E-state index < -0.39 is 32.0 Å². The highest BCUT2D eigenvalue weighted by molar-refractivity contribution is 7.92. The van der Waals surface area contributed by atoms with Gasteiger partial charge in [0.05, 0.1) is 58.8 Å². The van der Waals surface area contributed by atoms with Gasteiger partial charge in [-0.25, -0.2) is 26.4 Å². The third-order valence-corrected chi connectivity index (χ3v) is 6.58. The van der Waals surface area contributed by atoms with E-state index in [1.54, 1.807) is 0 Å². The molecule has 0 unspecified atom stereocenters. The average molecular weight is 591 g/mol. The molecule has 4 aromatic rings. The van der Waals surface area contributed by atoms with E-state index in [-0.39, 0.29) is 56.7 Å². The van der Waals surface area contributed by atoms with E-state index in [9.17, 15) is 36.6 Å². The second kappa shape index (κ2) is 10.0. The molecule has 0 spiro atoms. The number of carboxylic acids is 2. The van der Waals surface area contributed by atoms with Crippen LogP contribution in [-0.4, -0.2) is 81.0 Å². The predicted octanol–water partition coefficient (Wildman–Crippen LogP) is 1.08. The molecule has 18 heteroatoms. The summed E-state index contributed by atoms with van der Waals surface area (Å²) in [4.78, 5) is 32.9. The maximum atomic E-state index is 12.2.